The fourth-order valence-corrected chi connectivity index (χ4v) is 2.68. The van der Waals surface area contributed by atoms with E-state index < -0.39 is 0 Å². The van der Waals surface area contributed by atoms with Gasteiger partial charge in [0.25, 0.3) is 0 Å². The predicted molar refractivity (Wildman–Crippen MR) is 102 cm³/mol. The number of pyridine rings is 1. The number of nitrogens with one attached hydrogen (secondary N) is 2. The van der Waals surface area contributed by atoms with Gasteiger partial charge in [-0.15, -0.1) is 0 Å². The summed E-state index contributed by atoms with van der Waals surface area (Å²) in [6, 6.07) is 21.9. The molecule has 2 aromatic carbocycles. The Labute approximate surface area is 145 Å². The zero-order valence-electron chi connectivity index (χ0n) is 13.8. The monoisotopic (exact) mass is 327 g/mol. The third kappa shape index (κ3) is 3.40. The summed E-state index contributed by atoms with van der Waals surface area (Å²) >= 11 is 0. The normalized spacial score (nSPS) is 10.6. The zero-order chi connectivity index (χ0) is 17.1. The number of fused-ring (bicyclic) bond motifs is 1. The van der Waals surface area contributed by atoms with Crippen molar-refractivity contribution < 1.29 is 0 Å². The molecule has 0 atom stereocenters. The molecule has 0 spiro atoms. The van der Waals surface area contributed by atoms with Crippen LogP contribution in [0.4, 0.5) is 23.3 Å². The van der Waals surface area contributed by atoms with Gasteiger partial charge >= 0.3 is 0 Å². The van der Waals surface area contributed by atoms with E-state index in [-0.39, 0.29) is 0 Å². The first-order valence-corrected chi connectivity index (χ1v) is 8.06. The number of benzene rings is 2. The van der Waals surface area contributed by atoms with Crippen molar-refractivity contribution in [3.05, 3.63) is 78.6 Å². The standard InChI is InChI=1S/C20H17N5/c1-14-13-18(23-16-8-3-2-4-9-16)24-20(22-14)25-19-17-10-6-5-7-15(17)11-12-21-19/h2-13H,1H3,(H2,21,22,23,24,25). The summed E-state index contributed by atoms with van der Waals surface area (Å²) in [5.41, 5.74) is 1.85. The quantitative estimate of drug-likeness (QED) is 0.562. The van der Waals surface area contributed by atoms with Gasteiger partial charge < -0.3 is 10.6 Å². The fraction of sp³-hybridized carbons (Fsp3) is 0.0500. The van der Waals surface area contributed by atoms with Crippen LogP contribution < -0.4 is 10.6 Å². The van der Waals surface area contributed by atoms with Crippen LogP contribution in [-0.4, -0.2) is 15.0 Å². The predicted octanol–water partition coefficient (Wildman–Crippen LogP) is 4.82. The molecule has 25 heavy (non-hydrogen) atoms. The number of aryl methyl sites for hydroxylation is 1. The highest BCUT2D eigenvalue weighted by Gasteiger charge is 2.07. The molecule has 0 radical (unpaired) electrons. The molecule has 0 saturated carbocycles. The van der Waals surface area contributed by atoms with E-state index >= 15 is 0 Å². The maximum Gasteiger partial charge on any atom is 0.230 e. The van der Waals surface area contributed by atoms with Crippen LogP contribution in [0.2, 0.25) is 0 Å². The number of hydrogen-bond acceptors (Lipinski definition) is 5. The van der Waals surface area contributed by atoms with Crippen LogP contribution >= 0.6 is 0 Å². The maximum atomic E-state index is 4.56. The summed E-state index contributed by atoms with van der Waals surface area (Å²) in [6.07, 6.45) is 1.78. The number of anilines is 4. The molecule has 0 unspecified atom stereocenters. The molecule has 5 nitrogen and oxygen atoms in total. The smallest absolute Gasteiger partial charge is 0.230 e. The minimum atomic E-state index is 0.516. The number of nitrogens with zero attached hydrogens (tertiary/aromatic N) is 3. The first kappa shape index (κ1) is 15.1. The van der Waals surface area contributed by atoms with E-state index in [1.807, 2.05) is 67.6 Å². The molecule has 2 aromatic heterocycles. The van der Waals surface area contributed by atoms with Gasteiger partial charge in [0.1, 0.15) is 11.6 Å². The van der Waals surface area contributed by atoms with Crippen molar-refractivity contribution in [2.45, 2.75) is 6.92 Å². The van der Waals surface area contributed by atoms with Crippen LogP contribution in [0.5, 0.6) is 0 Å². The molecular weight excluding hydrogens is 310 g/mol. The first-order valence-electron chi connectivity index (χ1n) is 8.06. The highest BCUT2D eigenvalue weighted by atomic mass is 15.2. The molecule has 0 fully saturated rings. The number of para-hydroxylation sites is 1. The minimum Gasteiger partial charge on any atom is -0.340 e. The lowest BCUT2D eigenvalue weighted by atomic mass is 10.1. The third-order valence-corrected chi connectivity index (χ3v) is 3.80. The SMILES string of the molecule is Cc1cc(Nc2ccccc2)nc(Nc2nccc3ccccc23)n1. The first-order chi connectivity index (χ1) is 12.3. The molecule has 2 N–H and O–H groups in total. The topological polar surface area (TPSA) is 62.7 Å². The largest absolute Gasteiger partial charge is 0.340 e. The van der Waals surface area contributed by atoms with Crippen molar-refractivity contribution in [1.29, 1.82) is 0 Å². The van der Waals surface area contributed by atoms with Gasteiger partial charge in [-0.1, -0.05) is 42.5 Å². The van der Waals surface area contributed by atoms with Gasteiger partial charge in [-0.2, -0.15) is 4.98 Å². The van der Waals surface area contributed by atoms with E-state index in [1.54, 1.807) is 6.20 Å². The summed E-state index contributed by atoms with van der Waals surface area (Å²) in [7, 11) is 0. The molecule has 0 saturated heterocycles. The van der Waals surface area contributed by atoms with Crippen molar-refractivity contribution >= 4 is 34.0 Å². The maximum absolute atomic E-state index is 4.56. The van der Waals surface area contributed by atoms with Crippen LogP contribution in [0.3, 0.4) is 0 Å². The van der Waals surface area contributed by atoms with Gasteiger partial charge in [-0.3, -0.25) is 0 Å². The summed E-state index contributed by atoms with van der Waals surface area (Å²) in [4.78, 5) is 13.5. The number of hydrogen-bond donors (Lipinski definition) is 2. The Bertz CT molecular complexity index is 1010. The van der Waals surface area contributed by atoms with Gasteiger partial charge in [-0.05, 0) is 30.5 Å². The molecule has 0 aliphatic carbocycles. The van der Waals surface area contributed by atoms with Crippen molar-refractivity contribution in [1.82, 2.24) is 15.0 Å². The van der Waals surface area contributed by atoms with E-state index in [1.165, 1.54) is 0 Å². The summed E-state index contributed by atoms with van der Waals surface area (Å²) in [6.45, 7) is 1.94. The second-order valence-corrected chi connectivity index (χ2v) is 5.71. The van der Waals surface area contributed by atoms with Gasteiger partial charge in [0, 0.05) is 29.0 Å². The Morgan fingerprint density at radius 3 is 2.48 bits per heavy atom. The van der Waals surface area contributed by atoms with Gasteiger partial charge in [0.05, 0.1) is 0 Å². The Hall–Kier alpha value is -3.47. The Balaban J connectivity index is 1.66. The molecule has 0 aliphatic rings. The zero-order valence-corrected chi connectivity index (χ0v) is 13.8. The molecular formula is C20H17N5. The van der Waals surface area contributed by atoms with Crippen LogP contribution in [0.15, 0.2) is 72.9 Å². The molecule has 122 valence electrons. The van der Waals surface area contributed by atoms with Crippen molar-refractivity contribution in [2.24, 2.45) is 0 Å². The second kappa shape index (κ2) is 6.57. The summed E-state index contributed by atoms with van der Waals surface area (Å²) < 4.78 is 0. The van der Waals surface area contributed by atoms with Gasteiger partial charge in [0.15, 0.2) is 0 Å². The van der Waals surface area contributed by atoms with E-state index in [0.29, 0.717) is 5.95 Å². The second-order valence-electron chi connectivity index (χ2n) is 5.71. The lowest BCUT2D eigenvalue weighted by Gasteiger charge is -2.11. The molecule has 4 aromatic rings. The van der Waals surface area contributed by atoms with Crippen LogP contribution in [0, 0.1) is 6.92 Å². The minimum absolute atomic E-state index is 0.516. The molecule has 0 bridgehead atoms. The van der Waals surface area contributed by atoms with Gasteiger partial charge in [-0.25, -0.2) is 9.97 Å². The average molecular weight is 327 g/mol. The van der Waals surface area contributed by atoms with Crippen LogP contribution in [0.25, 0.3) is 10.8 Å². The fourth-order valence-electron chi connectivity index (χ4n) is 2.68. The average Bonchev–Trinajstić information content (AvgIpc) is 2.62. The summed E-state index contributed by atoms with van der Waals surface area (Å²) in [5, 5.41) is 8.69. The lowest BCUT2D eigenvalue weighted by Crippen LogP contribution is -2.03. The molecule has 5 heteroatoms. The Kier molecular flexibility index (Phi) is 3.96. The van der Waals surface area contributed by atoms with E-state index in [9.17, 15) is 0 Å². The molecule has 2 heterocycles. The highest BCUT2D eigenvalue weighted by Crippen LogP contribution is 2.24. The third-order valence-electron chi connectivity index (χ3n) is 3.80. The van der Waals surface area contributed by atoms with Crippen molar-refractivity contribution in [3.63, 3.8) is 0 Å². The van der Waals surface area contributed by atoms with E-state index in [4.69, 9.17) is 0 Å². The van der Waals surface area contributed by atoms with Crippen molar-refractivity contribution in [3.8, 4) is 0 Å². The molecule has 0 aliphatic heterocycles. The highest BCUT2D eigenvalue weighted by molar-refractivity contribution is 5.92. The van der Waals surface area contributed by atoms with E-state index in [0.717, 1.165) is 33.8 Å². The Morgan fingerprint density at radius 2 is 1.60 bits per heavy atom. The van der Waals surface area contributed by atoms with E-state index in [2.05, 4.69) is 31.7 Å². The summed E-state index contributed by atoms with van der Waals surface area (Å²) in [5.74, 6) is 2.00. The van der Waals surface area contributed by atoms with Gasteiger partial charge in [0.2, 0.25) is 5.95 Å². The molecule has 0 amide bonds. The van der Waals surface area contributed by atoms with Crippen molar-refractivity contribution in [2.75, 3.05) is 10.6 Å². The number of aromatic nitrogens is 3. The molecule has 4 rings (SSSR count). The van der Waals surface area contributed by atoms with Crippen LogP contribution in [0.1, 0.15) is 5.69 Å². The Morgan fingerprint density at radius 1 is 0.800 bits per heavy atom. The lowest BCUT2D eigenvalue weighted by molar-refractivity contribution is 1.10. The van der Waals surface area contributed by atoms with Crippen LogP contribution in [-0.2, 0) is 0 Å². The number of rotatable bonds is 4.